The second-order valence-corrected chi connectivity index (χ2v) is 4.83. The van der Waals surface area contributed by atoms with Gasteiger partial charge in [-0.2, -0.15) is 0 Å². The Morgan fingerprint density at radius 3 is 3.13 bits per heavy atom. The fraction of sp³-hybridized carbons (Fsp3) is 0.667. The minimum Gasteiger partial charge on any atom is -0.334 e. The summed E-state index contributed by atoms with van der Waals surface area (Å²) in [5.74, 6) is 0.981. The second kappa shape index (κ2) is 4.30. The molecule has 1 aliphatic heterocycles. The Labute approximate surface area is 96.6 Å². The fourth-order valence-corrected chi connectivity index (χ4v) is 2.28. The summed E-state index contributed by atoms with van der Waals surface area (Å²) >= 11 is 3.38. The lowest BCUT2D eigenvalue weighted by atomic mass is 10.1. The van der Waals surface area contributed by atoms with Crippen molar-refractivity contribution in [3.63, 3.8) is 0 Å². The van der Waals surface area contributed by atoms with Gasteiger partial charge >= 0.3 is 0 Å². The lowest BCUT2D eigenvalue weighted by Gasteiger charge is -2.29. The largest absolute Gasteiger partial charge is 0.334 e. The zero-order valence-corrected chi connectivity index (χ0v) is 10.1. The topological polar surface area (TPSA) is 51.0 Å². The number of carbonyl (C=O) groups excluding carboxylic acids is 1. The van der Waals surface area contributed by atoms with Crippen molar-refractivity contribution in [2.24, 2.45) is 7.05 Å². The van der Waals surface area contributed by atoms with Crippen LogP contribution < -0.4 is 0 Å². The summed E-state index contributed by atoms with van der Waals surface area (Å²) in [5.41, 5.74) is 0. The van der Waals surface area contributed by atoms with E-state index in [1.165, 1.54) is 0 Å². The molecule has 1 amide bonds. The van der Waals surface area contributed by atoms with Gasteiger partial charge in [0.25, 0.3) is 0 Å². The maximum absolute atomic E-state index is 11.8. The molecule has 1 aromatic rings. The summed E-state index contributed by atoms with van der Waals surface area (Å²) in [6, 6.07) is 0. The normalized spacial score (nSPS) is 22.1. The molecule has 0 spiro atoms. The number of nitrogens with zero attached hydrogens (tertiary/aromatic N) is 4. The van der Waals surface area contributed by atoms with Crippen molar-refractivity contribution in [3.8, 4) is 0 Å². The molecule has 1 saturated heterocycles. The average Bonchev–Trinajstić information content (AvgIpc) is 2.60. The molecule has 6 heteroatoms. The van der Waals surface area contributed by atoms with Gasteiger partial charge in [0.2, 0.25) is 5.91 Å². The van der Waals surface area contributed by atoms with Crippen LogP contribution in [0.4, 0.5) is 0 Å². The number of piperidine rings is 1. The fourth-order valence-electron chi connectivity index (χ4n) is 1.67. The van der Waals surface area contributed by atoms with E-state index in [4.69, 9.17) is 0 Å². The van der Waals surface area contributed by atoms with Crippen molar-refractivity contribution in [2.45, 2.75) is 24.2 Å². The zero-order valence-electron chi connectivity index (χ0n) is 8.56. The molecule has 1 unspecified atom stereocenters. The molecule has 2 heterocycles. The first kappa shape index (κ1) is 10.6. The van der Waals surface area contributed by atoms with Gasteiger partial charge in [-0.25, -0.2) is 0 Å². The van der Waals surface area contributed by atoms with Gasteiger partial charge in [0.1, 0.15) is 6.33 Å². The van der Waals surface area contributed by atoms with Gasteiger partial charge in [0, 0.05) is 13.6 Å². The van der Waals surface area contributed by atoms with E-state index < -0.39 is 0 Å². The van der Waals surface area contributed by atoms with Gasteiger partial charge in [-0.3, -0.25) is 4.79 Å². The molecule has 15 heavy (non-hydrogen) atoms. The van der Waals surface area contributed by atoms with Crippen molar-refractivity contribution in [3.05, 3.63) is 12.2 Å². The van der Waals surface area contributed by atoms with Gasteiger partial charge in [-0.15, -0.1) is 10.2 Å². The molecule has 1 aliphatic rings. The Morgan fingerprint density at radius 1 is 1.67 bits per heavy atom. The zero-order chi connectivity index (χ0) is 10.8. The number of amides is 1. The molecule has 82 valence electrons. The van der Waals surface area contributed by atoms with Crippen molar-refractivity contribution >= 4 is 21.8 Å². The first-order valence-corrected chi connectivity index (χ1v) is 5.86. The second-order valence-electron chi connectivity index (χ2n) is 3.73. The van der Waals surface area contributed by atoms with Gasteiger partial charge in [-0.1, -0.05) is 15.9 Å². The van der Waals surface area contributed by atoms with Crippen molar-refractivity contribution in [1.82, 2.24) is 19.7 Å². The number of halogens is 1. The Balaban J connectivity index is 2.05. The molecule has 0 aromatic carbocycles. The van der Waals surface area contributed by atoms with E-state index >= 15 is 0 Å². The number of hydrogen-bond donors (Lipinski definition) is 0. The van der Waals surface area contributed by atoms with Crippen LogP contribution in [-0.4, -0.2) is 36.9 Å². The molecular formula is C9H13BrN4O. The van der Waals surface area contributed by atoms with E-state index in [0.717, 1.165) is 25.2 Å². The molecule has 1 aromatic heterocycles. The summed E-state index contributed by atoms with van der Waals surface area (Å²) in [6.45, 7) is 1.37. The predicted octanol–water partition coefficient (Wildman–Crippen LogP) is 0.701. The monoisotopic (exact) mass is 272 g/mol. The number of carbonyl (C=O) groups is 1. The number of aromatic nitrogens is 3. The number of likely N-dealkylation sites (tertiary alicyclic amines) is 1. The van der Waals surface area contributed by atoms with E-state index in [1.807, 2.05) is 16.5 Å². The Hall–Kier alpha value is -0.910. The summed E-state index contributed by atoms with van der Waals surface area (Å²) < 4.78 is 1.84. The van der Waals surface area contributed by atoms with Crippen LogP contribution in [-0.2, 0) is 18.4 Å². The molecular weight excluding hydrogens is 260 g/mol. The van der Waals surface area contributed by atoms with Crippen LogP contribution in [0.2, 0.25) is 0 Å². The molecule has 5 nitrogen and oxygen atoms in total. The van der Waals surface area contributed by atoms with Crippen LogP contribution in [0.25, 0.3) is 0 Å². The molecule has 1 fully saturated rings. The quantitative estimate of drug-likeness (QED) is 0.745. The van der Waals surface area contributed by atoms with Gasteiger partial charge in [0.15, 0.2) is 5.82 Å². The van der Waals surface area contributed by atoms with Crippen molar-refractivity contribution in [1.29, 1.82) is 0 Å². The summed E-state index contributed by atoms with van der Waals surface area (Å²) in [4.78, 5) is 13.6. The lowest BCUT2D eigenvalue weighted by molar-refractivity contribution is -0.133. The van der Waals surface area contributed by atoms with Gasteiger partial charge in [-0.05, 0) is 12.8 Å². The average molecular weight is 273 g/mol. The first-order valence-electron chi connectivity index (χ1n) is 4.94. The Morgan fingerprint density at radius 2 is 2.47 bits per heavy atom. The summed E-state index contributed by atoms with van der Waals surface area (Å²) in [6.07, 6.45) is 3.61. The van der Waals surface area contributed by atoms with Crippen LogP contribution in [0.1, 0.15) is 18.7 Å². The van der Waals surface area contributed by atoms with Crippen LogP contribution in [0.15, 0.2) is 6.33 Å². The minimum atomic E-state index is -0.0283. The molecule has 0 saturated carbocycles. The van der Waals surface area contributed by atoms with Gasteiger partial charge < -0.3 is 9.47 Å². The smallest absolute Gasteiger partial charge is 0.236 e. The van der Waals surface area contributed by atoms with Crippen molar-refractivity contribution < 1.29 is 4.79 Å². The summed E-state index contributed by atoms with van der Waals surface area (Å²) in [5, 5.41) is 7.77. The molecule has 0 N–H and O–H groups in total. The van der Waals surface area contributed by atoms with Crippen LogP contribution >= 0.6 is 15.9 Å². The summed E-state index contributed by atoms with van der Waals surface area (Å²) in [7, 11) is 1.88. The van der Waals surface area contributed by atoms with E-state index in [-0.39, 0.29) is 10.7 Å². The van der Waals surface area contributed by atoms with E-state index in [0.29, 0.717) is 6.54 Å². The van der Waals surface area contributed by atoms with E-state index in [1.54, 1.807) is 6.33 Å². The molecule has 2 rings (SSSR count). The minimum absolute atomic E-state index is 0.0283. The Kier molecular flexibility index (Phi) is 3.04. The lowest BCUT2D eigenvalue weighted by Crippen LogP contribution is -2.41. The highest BCUT2D eigenvalue weighted by atomic mass is 79.9. The number of hydrogen-bond acceptors (Lipinski definition) is 3. The highest BCUT2D eigenvalue weighted by molar-refractivity contribution is 9.10. The van der Waals surface area contributed by atoms with Crippen LogP contribution in [0, 0.1) is 0 Å². The third-order valence-corrected chi connectivity index (χ3v) is 3.45. The molecule has 1 atom stereocenters. The van der Waals surface area contributed by atoms with Crippen LogP contribution in [0.5, 0.6) is 0 Å². The maximum Gasteiger partial charge on any atom is 0.236 e. The number of rotatable bonds is 2. The SMILES string of the molecule is Cn1cnnc1CN1CCCC(Br)C1=O. The molecule has 0 bridgehead atoms. The Bertz CT molecular complexity index is 365. The van der Waals surface area contributed by atoms with E-state index in [9.17, 15) is 4.79 Å². The first-order chi connectivity index (χ1) is 7.18. The maximum atomic E-state index is 11.8. The molecule has 0 radical (unpaired) electrons. The standard InChI is InChI=1S/C9H13BrN4O/c1-13-6-11-12-8(13)5-14-4-2-3-7(10)9(14)15/h6-7H,2-5H2,1H3. The van der Waals surface area contributed by atoms with E-state index in [2.05, 4.69) is 26.1 Å². The van der Waals surface area contributed by atoms with Crippen LogP contribution in [0.3, 0.4) is 0 Å². The predicted molar refractivity (Wildman–Crippen MR) is 58.4 cm³/mol. The van der Waals surface area contributed by atoms with Gasteiger partial charge in [0.05, 0.1) is 11.4 Å². The number of aryl methyl sites for hydroxylation is 1. The highest BCUT2D eigenvalue weighted by Gasteiger charge is 2.27. The third kappa shape index (κ3) is 2.19. The molecule has 0 aliphatic carbocycles. The van der Waals surface area contributed by atoms with Crippen molar-refractivity contribution in [2.75, 3.05) is 6.54 Å². The number of alkyl halides is 1. The third-order valence-electron chi connectivity index (χ3n) is 2.60. The highest BCUT2D eigenvalue weighted by Crippen LogP contribution is 2.19.